The van der Waals surface area contributed by atoms with E-state index in [0.717, 1.165) is 11.3 Å². The zero-order chi connectivity index (χ0) is 15.9. The Morgan fingerprint density at radius 3 is 2.24 bits per heavy atom. The molecule has 0 spiro atoms. The molecule has 0 bridgehead atoms. The van der Waals surface area contributed by atoms with E-state index in [1.54, 1.807) is 20.9 Å². The van der Waals surface area contributed by atoms with Gasteiger partial charge in [-0.2, -0.15) is 5.10 Å². The summed E-state index contributed by atoms with van der Waals surface area (Å²) >= 11 is 6.21. The largest absolute Gasteiger partial charge is 0.511 e. The second-order valence-electron chi connectivity index (χ2n) is 5.78. The van der Waals surface area contributed by atoms with Gasteiger partial charge in [-0.25, -0.2) is 0 Å². The summed E-state index contributed by atoms with van der Waals surface area (Å²) in [4.78, 5) is 24.5. The lowest BCUT2D eigenvalue weighted by Gasteiger charge is -2.23. The Morgan fingerprint density at radius 1 is 1.33 bits per heavy atom. The van der Waals surface area contributed by atoms with Gasteiger partial charge in [0.1, 0.15) is 10.9 Å². The molecule has 0 radical (unpaired) electrons. The molecule has 21 heavy (non-hydrogen) atoms. The van der Waals surface area contributed by atoms with Crippen LogP contribution in [0.25, 0.3) is 0 Å². The van der Waals surface area contributed by atoms with E-state index in [1.165, 1.54) is 4.68 Å². The molecule has 1 aliphatic carbocycles. The highest BCUT2D eigenvalue weighted by Crippen LogP contribution is 2.37. The number of aryl methyl sites for hydroxylation is 2. The van der Waals surface area contributed by atoms with Crippen molar-refractivity contribution in [2.24, 2.45) is 13.0 Å². The van der Waals surface area contributed by atoms with E-state index in [9.17, 15) is 14.7 Å². The molecule has 1 saturated carbocycles. The fourth-order valence-electron chi connectivity index (χ4n) is 2.77. The smallest absolute Gasteiger partial charge is 0.170 e. The number of hydrogen-bond donors (Lipinski definition) is 1. The SMILES string of the molecule is Cc1nn(C)c(Cl)c1C1CC(=O)C(=C(O)C(C)C)C(=O)C1. The van der Waals surface area contributed by atoms with Gasteiger partial charge in [0.05, 0.1) is 11.3 Å². The van der Waals surface area contributed by atoms with E-state index in [1.807, 2.05) is 6.92 Å². The molecule has 0 atom stereocenters. The molecule has 0 amide bonds. The summed E-state index contributed by atoms with van der Waals surface area (Å²) in [5, 5.41) is 14.6. The Hall–Kier alpha value is -1.62. The molecular formula is C15H19ClN2O3. The van der Waals surface area contributed by atoms with Crippen molar-refractivity contribution in [2.45, 2.75) is 39.5 Å². The molecule has 1 fully saturated rings. The first-order chi connectivity index (χ1) is 9.73. The molecule has 114 valence electrons. The van der Waals surface area contributed by atoms with Crippen LogP contribution in [0.5, 0.6) is 0 Å². The van der Waals surface area contributed by atoms with Crippen LogP contribution >= 0.6 is 11.6 Å². The monoisotopic (exact) mass is 310 g/mol. The first kappa shape index (κ1) is 15.8. The number of aromatic nitrogens is 2. The number of halogens is 1. The van der Waals surface area contributed by atoms with Crippen LogP contribution in [-0.2, 0) is 16.6 Å². The average Bonchev–Trinajstić information content (AvgIpc) is 2.61. The number of nitrogens with zero attached hydrogens (tertiary/aromatic N) is 2. The van der Waals surface area contributed by atoms with E-state index in [-0.39, 0.29) is 47.6 Å². The molecule has 1 aromatic rings. The van der Waals surface area contributed by atoms with Crippen molar-refractivity contribution in [1.82, 2.24) is 9.78 Å². The van der Waals surface area contributed by atoms with Crippen LogP contribution < -0.4 is 0 Å². The van der Waals surface area contributed by atoms with Crippen LogP contribution in [0.15, 0.2) is 11.3 Å². The van der Waals surface area contributed by atoms with Crippen molar-refractivity contribution >= 4 is 23.2 Å². The molecule has 2 rings (SSSR count). The third-order valence-electron chi connectivity index (χ3n) is 3.83. The molecule has 1 aromatic heterocycles. The summed E-state index contributed by atoms with van der Waals surface area (Å²) in [5.41, 5.74) is 1.44. The third kappa shape index (κ3) is 2.75. The predicted octanol–water partition coefficient (Wildman–Crippen LogP) is 2.87. The lowest BCUT2D eigenvalue weighted by molar-refractivity contribution is -0.124. The summed E-state index contributed by atoms with van der Waals surface area (Å²) in [6, 6.07) is 0. The minimum atomic E-state index is -0.318. The summed E-state index contributed by atoms with van der Waals surface area (Å²) in [5.74, 6) is -1.26. The van der Waals surface area contributed by atoms with Gasteiger partial charge in [-0.15, -0.1) is 0 Å². The molecule has 0 unspecified atom stereocenters. The second-order valence-corrected chi connectivity index (χ2v) is 6.14. The Labute approximate surface area is 128 Å². The topological polar surface area (TPSA) is 72.2 Å². The number of carbonyl (C=O) groups is 2. The van der Waals surface area contributed by atoms with Crippen LogP contribution in [0.3, 0.4) is 0 Å². The van der Waals surface area contributed by atoms with Crippen LogP contribution in [0.4, 0.5) is 0 Å². The maximum atomic E-state index is 12.3. The standard InChI is InChI=1S/C15H19ClN2O3/c1-7(2)14(21)13-10(19)5-9(6-11(13)20)12-8(3)17-18(4)15(12)16/h7,9,21H,5-6H2,1-4H3. The van der Waals surface area contributed by atoms with E-state index in [4.69, 9.17) is 11.6 Å². The van der Waals surface area contributed by atoms with E-state index < -0.39 is 0 Å². The Kier molecular flexibility index (Phi) is 4.23. The van der Waals surface area contributed by atoms with Crippen molar-refractivity contribution in [2.75, 3.05) is 0 Å². The number of hydrogen-bond acceptors (Lipinski definition) is 4. The van der Waals surface area contributed by atoms with Crippen molar-refractivity contribution in [3.05, 3.63) is 27.7 Å². The number of aliphatic hydroxyl groups excluding tert-OH is 1. The number of allylic oxidation sites excluding steroid dienone is 2. The highest BCUT2D eigenvalue weighted by molar-refractivity contribution is 6.30. The fourth-order valence-corrected chi connectivity index (χ4v) is 3.10. The quantitative estimate of drug-likeness (QED) is 0.518. The molecule has 1 N–H and O–H groups in total. The summed E-state index contributed by atoms with van der Waals surface area (Å²) in [6.45, 7) is 5.31. The maximum Gasteiger partial charge on any atom is 0.170 e. The van der Waals surface area contributed by atoms with Gasteiger partial charge in [-0.3, -0.25) is 14.3 Å². The molecule has 0 aromatic carbocycles. The third-order valence-corrected chi connectivity index (χ3v) is 4.28. The fraction of sp³-hybridized carbons (Fsp3) is 0.533. The Bertz CT molecular complexity index is 624. The minimum Gasteiger partial charge on any atom is -0.511 e. The van der Waals surface area contributed by atoms with Gasteiger partial charge < -0.3 is 5.11 Å². The second kappa shape index (κ2) is 5.64. The van der Waals surface area contributed by atoms with Gasteiger partial charge in [0, 0.05) is 37.3 Å². The van der Waals surface area contributed by atoms with Crippen molar-refractivity contribution < 1.29 is 14.7 Å². The zero-order valence-corrected chi connectivity index (χ0v) is 13.4. The van der Waals surface area contributed by atoms with Crippen LogP contribution in [-0.4, -0.2) is 26.5 Å². The lowest BCUT2D eigenvalue weighted by atomic mass is 9.79. The molecule has 5 nitrogen and oxygen atoms in total. The predicted molar refractivity (Wildman–Crippen MR) is 79.4 cm³/mol. The Balaban J connectivity index is 2.38. The summed E-state index contributed by atoms with van der Waals surface area (Å²) < 4.78 is 1.54. The van der Waals surface area contributed by atoms with Gasteiger partial charge in [0.15, 0.2) is 11.6 Å². The van der Waals surface area contributed by atoms with Gasteiger partial charge in [0.2, 0.25) is 0 Å². The van der Waals surface area contributed by atoms with Gasteiger partial charge >= 0.3 is 0 Å². The molecular weight excluding hydrogens is 292 g/mol. The molecule has 1 aliphatic rings. The van der Waals surface area contributed by atoms with Crippen molar-refractivity contribution in [3.63, 3.8) is 0 Å². The number of ketones is 2. The normalized spacial score (nSPS) is 19.5. The van der Waals surface area contributed by atoms with E-state index >= 15 is 0 Å². The van der Waals surface area contributed by atoms with Gasteiger partial charge in [-0.1, -0.05) is 25.4 Å². The highest BCUT2D eigenvalue weighted by Gasteiger charge is 2.36. The van der Waals surface area contributed by atoms with Gasteiger partial charge in [0.25, 0.3) is 0 Å². The molecule has 0 aliphatic heterocycles. The van der Waals surface area contributed by atoms with E-state index in [2.05, 4.69) is 5.10 Å². The molecule has 6 heteroatoms. The number of carbonyl (C=O) groups excluding carboxylic acids is 2. The maximum absolute atomic E-state index is 12.3. The highest BCUT2D eigenvalue weighted by atomic mass is 35.5. The van der Waals surface area contributed by atoms with E-state index in [0.29, 0.717) is 5.15 Å². The number of Topliss-reactive ketones (excluding diaryl/α,β-unsaturated/α-hetero) is 2. The average molecular weight is 311 g/mol. The van der Waals surface area contributed by atoms with Crippen molar-refractivity contribution in [1.29, 1.82) is 0 Å². The summed E-state index contributed by atoms with van der Waals surface area (Å²) in [6.07, 6.45) is 0.341. The van der Waals surface area contributed by atoms with Crippen LogP contribution in [0, 0.1) is 12.8 Å². The number of aliphatic hydroxyl groups is 1. The molecule has 1 heterocycles. The first-order valence-corrected chi connectivity index (χ1v) is 7.30. The van der Waals surface area contributed by atoms with Crippen LogP contribution in [0.2, 0.25) is 5.15 Å². The Morgan fingerprint density at radius 2 is 1.86 bits per heavy atom. The summed E-state index contributed by atoms with van der Waals surface area (Å²) in [7, 11) is 1.72. The number of rotatable bonds is 2. The lowest BCUT2D eigenvalue weighted by Crippen LogP contribution is -2.27. The van der Waals surface area contributed by atoms with Gasteiger partial charge in [-0.05, 0) is 6.92 Å². The minimum absolute atomic E-state index is 0.0427. The van der Waals surface area contributed by atoms with Crippen molar-refractivity contribution in [3.8, 4) is 0 Å². The zero-order valence-electron chi connectivity index (χ0n) is 12.6. The van der Waals surface area contributed by atoms with Crippen LogP contribution in [0.1, 0.15) is 43.9 Å². The molecule has 0 saturated heterocycles. The first-order valence-electron chi connectivity index (χ1n) is 6.92.